The van der Waals surface area contributed by atoms with Gasteiger partial charge in [0.1, 0.15) is 0 Å². The van der Waals surface area contributed by atoms with Crippen molar-refractivity contribution >= 4 is 0 Å². The van der Waals surface area contributed by atoms with E-state index in [4.69, 9.17) is 14.2 Å². The molecule has 7 nitrogen and oxygen atoms in total. The standard InChI is InChI=1S/C22H32N4O3/c1-6-15-7-8-18(23-11-15)14-26(2)13-17-12-24-25-21(17)16-9-19(27-3)22(29-5)20(10-16)28-4/h7-11,17,21,24-25H,6,12-14H2,1-5H3. The fraction of sp³-hybridized carbons (Fsp3) is 0.500. The lowest BCUT2D eigenvalue weighted by Crippen LogP contribution is -2.30. The lowest BCUT2D eigenvalue weighted by molar-refractivity contribution is 0.259. The normalized spacial score (nSPS) is 18.8. The summed E-state index contributed by atoms with van der Waals surface area (Å²) < 4.78 is 16.5. The molecule has 2 heterocycles. The SMILES string of the molecule is CCc1ccc(CN(C)CC2CNNC2c2cc(OC)c(OC)c(OC)c2)nc1. The number of nitrogens with zero attached hydrogens (tertiary/aromatic N) is 2. The third kappa shape index (κ3) is 4.98. The predicted molar refractivity (Wildman–Crippen MR) is 113 cm³/mol. The van der Waals surface area contributed by atoms with Crippen molar-refractivity contribution in [1.82, 2.24) is 20.7 Å². The van der Waals surface area contributed by atoms with Crippen molar-refractivity contribution in [3.63, 3.8) is 0 Å². The minimum atomic E-state index is 0.140. The maximum Gasteiger partial charge on any atom is 0.203 e. The predicted octanol–water partition coefficient (Wildman–Crippen LogP) is 2.57. The number of aryl methyl sites for hydroxylation is 1. The number of benzene rings is 1. The second-order valence-corrected chi connectivity index (χ2v) is 7.43. The summed E-state index contributed by atoms with van der Waals surface area (Å²) in [4.78, 5) is 6.90. The van der Waals surface area contributed by atoms with Crippen LogP contribution < -0.4 is 25.1 Å². The molecule has 0 bridgehead atoms. The van der Waals surface area contributed by atoms with Gasteiger partial charge in [0.05, 0.1) is 33.1 Å². The minimum Gasteiger partial charge on any atom is -0.493 e. The molecule has 1 aromatic heterocycles. The van der Waals surface area contributed by atoms with Gasteiger partial charge < -0.3 is 19.1 Å². The van der Waals surface area contributed by atoms with Crippen LogP contribution in [0.3, 0.4) is 0 Å². The summed E-state index contributed by atoms with van der Waals surface area (Å²) in [6.45, 7) is 4.78. The number of hydrogen-bond donors (Lipinski definition) is 2. The van der Waals surface area contributed by atoms with E-state index in [0.29, 0.717) is 23.2 Å². The molecule has 0 saturated carbocycles. The fourth-order valence-electron chi connectivity index (χ4n) is 3.84. The number of methoxy groups -OCH3 is 3. The first-order valence-corrected chi connectivity index (χ1v) is 10.00. The van der Waals surface area contributed by atoms with Gasteiger partial charge in [-0.3, -0.25) is 10.4 Å². The Morgan fingerprint density at radius 1 is 1.10 bits per heavy atom. The molecule has 1 aliphatic rings. The molecule has 2 aromatic rings. The molecule has 1 saturated heterocycles. The highest BCUT2D eigenvalue weighted by atomic mass is 16.5. The van der Waals surface area contributed by atoms with Crippen LogP contribution in [0.2, 0.25) is 0 Å². The molecule has 0 radical (unpaired) electrons. The van der Waals surface area contributed by atoms with E-state index in [1.54, 1.807) is 21.3 Å². The van der Waals surface area contributed by atoms with Gasteiger partial charge in [-0.15, -0.1) is 0 Å². The molecule has 7 heteroatoms. The summed E-state index contributed by atoms with van der Waals surface area (Å²) in [5.41, 5.74) is 10.2. The van der Waals surface area contributed by atoms with Gasteiger partial charge in [-0.25, -0.2) is 5.43 Å². The van der Waals surface area contributed by atoms with Crippen molar-refractivity contribution in [1.29, 1.82) is 0 Å². The summed E-state index contributed by atoms with van der Waals surface area (Å²) in [5, 5.41) is 0. The first-order valence-electron chi connectivity index (χ1n) is 10.00. The van der Waals surface area contributed by atoms with Crippen LogP contribution in [0.1, 0.15) is 29.8 Å². The topological polar surface area (TPSA) is 67.9 Å². The van der Waals surface area contributed by atoms with Gasteiger partial charge in [-0.05, 0) is 42.8 Å². The van der Waals surface area contributed by atoms with Crippen LogP contribution in [0.25, 0.3) is 0 Å². The zero-order chi connectivity index (χ0) is 20.8. The molecule has 0 spiro atoms. The van der Waals surface area contributed by atoms with Crippen molar-refractivity contribution in [2.75, 3.05) is 41.5 Å². The second kappa shape index (κ2) is 9.91. The van der Waals surface area contributed by atoms with E-state index in [0.717, 1.165) is 37.3 Å². The Labute approximate surface area is 173 Å². The molecule has 1 fully saturated rings. The number of rotatable bonds is 9. The molecular formula is C22H32N4O3. The van der Waals surface area contributed by atoms with E-state index in [-0.39, 0.29) is 6.04 Å². The summed E-state index contributed by atoms with van der Waals surface area (Å²) >= 11 is 0. The van der Waals surface area contributed by atoms with Crippen LogP contribution in [0.15, 0.2) is 30.5 Å². The number of nitrogens with one attached hydrogen (secondary N) is 2. The van der Waals surface area contributed by atoms with E-state index in [1.807, 2.05) is 18.3 Å². The number of ether oxygens (including phenoxy) is 3. The Balaban J connectivity index is 1.72. The third-order valence-electron chi connectivity index (χ3n) is 5.41. The Hall–Kier alpha value is -2.35. The van der Waals surface area contributed by atoms with Crippen molar-refractivity contribution in [3.05, 3.63) is 47.3 Å². The first kappa shape index (κ1) is 21.4. The van der Waals surface area contributed by atoms with Gasteiger partial charge in [0.15, 0.2) is 11.5 Å². The van der Waals surface area contributed by atoms with E-state index >= 15 is 0 Å². The van der Waals surface area contributed by atoms with Crippen LogP contribution in [0.5, 0.6) is 17.2 Å². The van der Waals surface area contributed by atoms with E-state index < -0.39 is 0 Å². The smallest absolute Gasteiger partial charge is 0.203 e. The molecule has 0 aliphatic carbocycles. The second-order valence-electron chi connectivity index (χ2n) is 7.43. The fourth-order valence-corrected chi connectivity index (χ4v) is 3.84. The average molecular weight is 401 g/mol. The van der Waals surface area contributed by atoms with Crippen LogP contribution in [0, 0.1) is 5.92 Å². The van der Waals surface area contributed by atoms with Crippen LogP contribution in [-0.4, -0.2) is 51.4 Å². The molecule has 0 amide bonds. The van der Waals surface area contributed by atoms with Crippen molar-refractivity contribution < 1.29 is 14.2 Å². The first-order chi connectivity index (χ1) is 14.1. The maximum absolute atomic E-state index is 5.52. The minimum absolute atomic E-state index is 0.140. The van der Waals surface area contributed by atoms with Crippen LogP contribution in [0.4, 0.5) is 0 Å². The molecule has 2 atom stereocenters. The lowest BCUT2D eigenvalue weighted by atomic mass is 9.93. The summed E-state index contributed by atoms with van der Waals surface area (Å²) in [7, 11) is 7.04. The zero-order valence-corrected chi connectivity index (χ0v) is 18.0. The molecule has 1 aliphatic heterocycles. The van der Waals surface area contributed by atoms with Gasteiger partial charge in [0.25, 0.3) is 0 Å². The molecule has 29 heavy (non-hydrogen) atoms. The molecule has 2 unspecified atom stereocenters. The Morgan fingerprint density at radius 3 is 2.38 bits per heavy atom. The molecule has 2 N–H and O–H groups in total. The van der Waals surface area contributed by atoms with Gasteiger partial charge >= 0.3 is 0 Å². The number of hydrogen-bond acceptors (Lipinski definition) is 7. The highest BCUT2D eigenvalue weighted by Crippen LogP contribution is 2.41. The van der Waals surface area contributed by atoms with E-state index in [1.165, 1.54) is 5.56 Å². The Morgan fingerprint density at radius 2 is 1.83 bits per heavy atom. The molecule has 3 rings (SSSR count). The third-order valence-corrected chi connectivity index (χ3v) is 5.41. The van der Waals surface area contributed by atoms with Crippen LogP contribution >= 0.6 is 0 Å². The Kier molecular flexibility index (Phi) is 7.30. The lowest BCUT2D eigenvalue weighted by Gasteiger charge is -2.25. The van der Waals surface area contributed by atoms with E-state index in [9.17, 15) is 0 Å². The monoisotopic (exact) mass is 400 g/mol. The van der Waals surface area contributed by atoms with Gasteiger partial charge in [0.2, 0.25) is 5.75 Å². The summed E-state index contributed by atoms with van der Waals surface area (Å²) in [6.07, 6.45) is 2.99. The van der Waals surface area contributed by atoms with Gasteiger partial charge in [-0.2, -0.15) is 0 Å². The quantitative estimate of drug-likeness (QED) is 0.670. The average Bonchev–Trinajstić information content (AvgIpc) is 3.20. The summed E-state index contributed by atoms with van der Waals surface area (Å²) in [5.74, 6) is 2.34. The van der Waals surface area contributed by atoms with Crippen molar-refractivity contribution in [2.24, 2.45) is 5.92 Å². The molecule has 1 aromatic carbocycles. The molecular weight excluding hydrogens is 368 g/mol. The zero-order valence-electron chi connectivity index (χ0n) is 18.0. The van der Waals surface area contributed by atoms with Crippen molar-refractivity contribution in [2.45, 2.75) is 25.9 Å². The molecule has 158 valence electrons. The number of hydrazine groups is 1. The number of pyridine rings is 1. The maximum atomic E-state index is 5.52. The van der Waals surface area contributed by atoms with Gasteiger partial charge in [0, 0.05) is 31.7 Å². The van der Waals surface area contributed by atoms with Crippen LogP contribution in [-0.2, 0) is 13.0 Å². The highest BCUT2D eigenvalue weighted by molar-refractivity contribution is 5.54. The van der Waals surface area contributed by atoms with E-state index in [2.05, 4.69) is 46.8 Å². The highest BCUT2D eigenvalue weighted by Gasteiger charge is 2.31. The van der Waals surface area contributed by atoms with Gasteiger partial charge in [-0.1, -0.05) is 13.0 Å². The summed E-state index contributed by atoms with van der Waals surface area (Å²) in [6, 6.07) is 8.46. The number of aromatic nitrogens is 1. The van der Waals surface area contributed by atoms with Crippen molar-refractivity contribution in [3.8, 4) is 17.2 Å². The Bertz CT molecular complexity index is 772. The largest absolute Gasteiger partial charge is 0.493 e.